The van der Waals surface area contributed by atoms with Crippen LogP contribution in [-0.2, 0) is 11.2 Å². The van der Waals surface area contributed by atoms with Crippen LogP contribution in [-0.4, -0.2) is 41.6 Å². The van der Waals surface area contributed by atoms with Crippen molar-refractivity contribution >= 4 is 11.6 Å². The van der Waals surface area contributed by atoms with Gasteiger partial charge < -0.3 is 10.6 Å². The van der Waals surface area contributed by atoms with E-state index in [2.05, 4.69) is 40.3 Å². The number of hydrogen-bond acceptors (Lipinski definition) is 4. The first-order valence-corrected chi connectivity index (χ1v) is 9.19. The second-order valence-electron chi connectivity index (χ2n) is 6.87. The van der Waals surface area contributed by atoms with Gasteiger partial charge in [0.05, 0.1) is 0 Å². The normalized spacial score (nSPS) is 17.9. The summed E-state index contributed by atoms with van der Waals surface area (Å²) in [5, 5.41) is 0. The summed E-state index contributed by atoms with van der Waals surface area (Å²) in [5.41, 5.74) is 13.7. The summed E-state index contributed by atoms with van der Waals surface area (Å²) in [6.45, 7) is 4.86. The first-order valence-electron chi connectivity index (χ1n) is 9.19. The highest BCUT2D eigenvalue weighted by Gasteiger charge is 2.23. The number of benzene rings is 1. The topological polar surface area (TPSA) is 71.6 Å². The van der Waals surface area contributed by atoms with E-state index < -0.39 is 0 Å². The minimum absolute atomic E-state index is 0.0756. The maximum Gasteiger partial charge on any atom is 0.219 e. The number of rotatable bonds is 3. The van der Waals surface area contributed by atoms with Crippen molar-refractivity contribution in [3.63, 3.8) is 0 Å². The zero-order valence-electron chi connectivity index (χ0n) is 16.2. The average Bonchev–Trinajstić information content (AvgIpc) is 2.68. The molecule has 1 aromatic carbocycles. The number of pyridine rings is 1. The molecule has 0 unspecified atom stereocenters. The molecule has 2 heterocycles. The number of carbonyl (C=O) groups is 1. The summed E-state index contributed by atoms with van der Waals surface area (Å²) < 4.78 is 0. The number of nitrogens with zero attached hydrogens (tertiary/aromatic N) is 3. The van der Waals surface area contributed by atoms with Crippen molar-refractivity contribution in [2.75, 3.05) is 20.1 Å². The zero-order valence-corrected chi connectivity index (χ0v) is 16.2. The largest absolute Gasteiger partial charge is 0.401 e. The molecule has 2 aromatic rings. The van der Waals surface area contributed by atoms with Gasteiger partial charge >= 0.3 is 0 Å². The van der Waals surface area contributed by atoms with Crippen LogP contribution in [0.4, 0.5) is 0 Å². The van der Waals surface area contributed by atoms with E-state index in [1.54, 1.807) is 14.0 Å². The van der Waals surface area contributed by atoms with Gasteiger partial charge in [-0.05, 0) is 24.1 Å². The van der Waals surface area contributed by atoms with Gasteiger partial charge in [-0.25, -0.2) is 0 Å². The lowest BCUT2D eigenvalue weighted by molar-refractivity contribution is -0.128. The number of piperidine rings is 1. The van der Waals surface area contributed by atoms with Crippen LogP contribution in [0.15, 0.2) is 58.9 Å². The highest BCUT2D eigenvalue weighted by atomic mass is 16.2. The Morgan fingerprint density at radius 3 is 2.63 bits per heavy atom. The third-order valence-corrected chi connectivity index (χ3v) is 5.09. The number of hydrogen-bond donors (Lipinski definition) is 1. The van der Waals surface area contributed by atoms with E-state index in [-0.39, 0.29) is 5.91 Å². The van der Waals surface area contributed by atoms with E-state index in [0.717, 1.165) is 45.8 Å². The third kappa shape index (κ3) is 4.25. The van der Waals surface area contributed by atoms with E-state index in [1.807, 2.05) is 24.1 Å². The van der Waals surface area contributed by atoms with Gasteiger partial charge in [0.2, 0.25) is 5.91 Å². The highest BCUT2D eigenvalue weighted by Crippen LogP contribution is 2.23. The maximum absolute atomic E-state index is 11.7. The lowest BCUT2D eigenvalue weighted by atomic mass is 9.96. The number of aryl methyl sites for hydroxylation is 1. The predicted octanol–water partition coefficient (Wildman–Crippen LogP) is 3.14. The summed E-state index contributed by atoms with van der Waals surface area (Å²) in [5.74, 6) is 0.0756. The van der Waals surface area contributed by atoms with Crippen molar-refractivity contribution in [2.24, 2.45) is 10.7 Å². The molecule has 1 aliphatic rings. The molecule has 0 atom stereocenters. The standard InChI is InChI=1S/C22H26N4O/c1-15-19(5-4-11-25-15)18-8-6-17(7-9-18)13-21(23)20-14-26(16(2)27)12-10-22(20)24-3/h4-9,11H,10,12-14,23H2,1-3H3. The summed E-state index contributed by atoms with van der Waals surface area (Å²) >= 11 is 0. The number of allylic oxidation sites excluding steroid dienone is 1. The van der Waals surface area contributed by atoms with E-state index >= 15 is 0 Å². The summed E-state index contributed by atoms with van der Waals surface area (Å²) in [6, 6.07) is 12.4. The van der Waals surface area contributed by atoms with E-state index in [4.69, 9.17) is 5.73 Å². The number of nitrogens with two attached hydrogens (primary N) is 1. The highest BCUT2D eigenvalue weighted by molar-refractivity contribution is 6.02. The molecule has 5 nitrogen and oxygen atoms in total. The first-order chi connectivity index (χ1) is 13.0. The smallest absolute Gasteiger partial charge is 0.219 e. The van der Waals surface area contributed by atoms with Gasteiger partial charge in [-0.3, -0.25) is 14.8 Å². The number of carbonyl (C=O) groups excluding carboxylic acids is 1. The molecule has 0 saturated carbocycles. The van der Waals surface area contributed by atoms with Crippen LogP contribution in [0, 0.1) is 6.92 Å². The second-order valence-corrected chi connectivity index (χ2v) is 6.87. The van der Waals surface area contributed by atoms with Crippen LogP contribution in [0.3, 0.4) is 0 Å². The molecule has 0 bridgehead atoms. The molecule has 1 fully saturated rings. The number of aliphatic imine (C=N–C) groups is 1. The summed E-state index contributed by atoms with van der Waals surface area (Å²) in [6.07, 6.45) is 3.21. The SMILES string of the molecule is CN=C1CCN(C(C)=O)CC1=C(N)Cc1ccc(-c2cccnc2C)cc1. The number of likely N-dealkylation sites (tertiary alicyclic amines) is 1. The van der Waals surface area contributed by atoms with Crippen molar-refractivity contribution in [3.05, 3.63) is 65.1 Å². The second kappa shape index (κ2) is 8.16. The van der Waals surface area contributed by atoms with Gasteiger partial charge in [0.1, 0.15) is 0 Å². The van der Waals surface area contributed by atoms with Crippen LogP contribution in [0.2, 0.25) is 0 Å². The Hall–Kier alpha value is -2.95. The quantitative estimate of drug-likeness (QED) is 0.912. The molecule has 3 rings (SSSR count). The molecule has 1 amide bonds. The van der Waals surface area contributed by atoms with Crippen molar-refractivity contribution in [2.45, 2.75) is 26.7 Å². The first kappa shape index (κ1) is 18.8. The van der Waals surface area contributed by atoms with Crippen LogP contribution in [0.1, 0.15) is 24.6 Å². The molecule has 27 heavy (non-hydrogen) atoms. The van der Waals surface area contributed by atoms with Crippen molar-refractivity contribution in [1.82, 2.24) is 9.88 Å². The van der Waals surface area contributed by atoms with Gasteiger partial charge in [-0.2, -0.15) is 0 Å². The van der Waals surface area contributed by atoms with Gasteiger partial charge in [-0.1, -0.05) is 30.3 Å². The molecule has 1 aromatic heterocycles. The molecule has 1 saturated heterocycles. The monoisotopic (exact) mass is 362 g/mol. The fraction of sp³-hybridized carbons (Fsp3) is 0.318. The lowest BCUT2D eigenvalue weighted by Gasteiger charge is -2.30. The molecule has 140 valence electrons. The third-order valence-electron chi connectivity index (χ3n) is 5.09. The van der Waals surface area contributed by atoms with Crippen molar-refractivity contribution in [1.29, 1.82) is 0 Å². The van der Waals surface area contributed by atoms with Crippen LogP contribution in [0.5, 0.6) is 0 Å². The maximum atomic E-state index is 11.7. The van der Waals surface area contributed by atoms with Crippen molar-refractivity contribution in [3.8, 4) is 11.1 Å². The molecule has 5 heteroatoms. The van der Waals surface area contributed by atoms with Crippen LogP contribution >= 0.6 is 0 Å². The predicted molar refractivity (Wildman–Crippen MR) is 110 cm³/mol. The lowest BCUT2D eigenvalue weighted by Crippen LogP contribution is -2.40. The molecular weight excluding hydrogens is 336 g/mol. The Bertz CT molecular complexity index is 897. The zero-order chi connectivity index (χ0) is 19.4. The molecule has 0 radical (unpaired) electrons. The Morgan fingerprint density at radius 1 is 1.26 bits per heavy atom. The minimum Gasteiger partial charge on any atom is -0.401 e. The Morgan fingerprint density at radius 2 is 2.00 bits per heavy atom. The van der Waals surface area contributed by atoms with Gasteiger partial charge in [0, 0.05) is 74.3 Å². The fourth-order valence-corrected chi connectivity index (χ4v) is 3.47. The van der Waals surface area contributed by atoms with Crippen LogP contribution < -0.4 is 5.73 Å². The summed E-state index contributed by atoms with van der Waals surface area (Å²) in [4.78, 5) is 22.3. The minimum atomic E-state index is 0.0756. The molecule has 0 aliphatic carbocycles. The number of amides is 1. The van der Waals surface area contributed by atoms with E-state index in [0.29, 0.717) is 19.5 Å². The molecule has 0 spiro atoms. The van der Waals surface area contributed by atoms with Gasteiger partial charge in [-0.15, -0.1) is 0 Å². The molecular formula is C22H26N4O. The number of aromatic nitrogens is 1. The van der Waals surface area contributed by atoms with Crippen molar-refractivity contribution < 1.29 is 4.79 Å². The Kier molecular flexibility index (Phi) is 5.69. The van der Waals surface area contributed by atoms with E-state index in [1.165, 1.54) is 0 Å². The average molecular weight is 362 g/mol. The summed E-state index contributed by atoms with van der Waals surface area (Å²) in [7, 11) is 1.79. The molecule has 1 aliphatic heterocycles. The Labute approximate surface area is 160 Å². The fourth-order valence-electron chi connectivity index (χ4n) is 3.47. The van der Waals surface area contributed by atoms with Gasteiger partial charge in [0.25, 0.3) is 0 Å². The van der Waals surface area contributed by atoms with Gasteiger partial charge in [0.15, 0.2) is 0 Å². The Balaban J connectivity index is 1.82. The van der Waals surface area contributed by atoms with Crippen LogP contribution in [0.25, 0.3) is 11.1 Å². The molecule has 2 N–H and O–H groups in total. The van der Waals surface area contributed by atoms with E-state index in [9.17, 15) is 4.79 Å².